The van der Waals surface area contributed by atoms with Crippen LogP contribution in [-0.2, 0) is 4.79 Å². The minimum Gasteiger partial charge on any atom is -0.480 e. The van der Waals surface area contributed by atoms with E-state index >= 15 is 0 Å². The van der Waals surface area contributed by atoms with Crippen molar-refractivity contribution < 1.29 is 14.7 Å². The van der Waals surface area contributed by atoms with Gasteiger partial charge in [-0.15, -0.1) is 0 Å². The molecule has 0 heterocycles. The van der Waals surface area contributed by atoms with E-state index in [1.807, 2.05) is 19.1 Å². The van der Waals surface area contributed by atoms with Gasteiger partial charge in [-0.2, -0.15) is 0 Å². The number of rotatable bonds is 4. The molecule has 2 rings (SSSR count). The number of nitrogens with zero attached hydrogens (tertiary/aromatic N) is 1. The smallest absolute Gasteiger partial charge is 0.323 e. The van der Waals surface area contributed by atoms with Gasteiger partial charge in [-0.05, 0) is 43.3 Å². The Balaban J connectivity index is 2.35. The standard InChI is InChI=1S/C16H16N2O3/c1-11-2-8-14(9-3-11)18(10-15(19)20)16(21)12-4-6-13(17)7-5-12/h2-9H,10,17H2,1H3,(H,19,20). The Kier molecular flexibility index (Phi) is 4.23. The van der Waals surface area contributed by atoms with E-state index in [-0.39, 0.29) is 5.91 Å². The van der Waals surface area contributed by atoms with E-state index in [2.05, 4.69) is 0 Å². The second-order valence-corrected chi connectivity index (χ2v) is 4.74. The van der Waals surface area contributed by atoms with E-state index < -0.39 is 12.5 Å². The number of nitrogen functional groups attached to an aromatic ring is 1. The lowest BCUT2D eigenvalue weighted by Crippen LogP contribution is -2.35. The number of anilines is 2. The van der Waals surface area contributed by atoms with E-state index in [0.717, 1.165) is 5.56 Å². The molecule has 0 fully saturated rings. The Morgan fingerprint density at radius 3 is 2.14 bits per heavy atom. The number of carbonyl (C=O) groups excluding carboxylic acids is 1. The van der Waals surface area contributed by atoms with Gasteiger partial charge in [0, 0.05) is 16.9 Å². The van der Waals surface area contributed by atoms with Crippen LogP contribution in [0.2, 0.25) is 0 Å². The van der Waals surface area contributed by atoms with Gasteiger partial charge in [0.2, 0.25) is 0 Å². The average molecular weight is 284 g/mol. The van der Waals surface area contributed by atoms with Gasteiger partial charge in [-0.25, -0.2) is 0 Å². The van der Waals surface area contributed by atoms with Crippen LogP contribution in [0.4, 0.5) is 11.4 Å². The van der Waals surface area contributed by atoms with Crippen molar-refractivity contribution in [1.82, 2.24) is 0 Å². The van der Waals surface area contributed by atoms with Gasteiger partial charge < -0.3 is 10.8 Å². The molecule has 0 unspecified atom stereocenters. The Morgan fingerprint density at radius 1 is 1.05 bits per heavy atom. The molecule has 0 saturated carbocycles. The normalized spacial score (nSPS) is 10.1. The molecule has 5 heteroatoms. The predicted molar refractivity (Wildman–Crippen MR) is 81.3 cm³/mol. The van der Waals surface area contributed by atoms with E-state index in [1.165, 1.54) is 4.90 Å². The molecule has 0 spiro atoms. The first kappa shape index (κ1) is 14.6. The zero-order valence-corrected chi connectivity index (χ0v) is 11.6. The highest BCUT2D eigenvalue weighted by Gasteiger charge is 2.20. The van der Waals surface area contributed by atoms with Crippen LogP contribution < -0.4 is 10.6 Å². The third kappa shape index (κ3) is 3.60. The van der Waals surface area contributed by atoms with Crippen molar-refractivity contribution >= 4 is 23.3 Å². The number of nitrogens with two attached hydrogens (primary N) is 1. The van der Waals surface area contributed by atoms with Crippen LogP contribution >= 0.6 is 0 Å². The van der Waals surface area contributed by atoms with Crippen molar-refractivity contribution in [2.75, 3.05) is 17.2 Å². The van der Waals surface area contributed by atoms with Crippen molar-refractivity contribution in [3.8, 4) is 0 Å². The molecule has 0 aromatic heterocycles. The Labute approximate surface area is 122 Å². The number of aryl methyl sites for hydroxylation is 1. The fourth-order valence-electron chi connectivity index (χ4n) is 1.92. The van der Waals surface area contributed by atoms with Crippen LogP contribution in [0.25, 0.3) is 0 Å². The number of aliphatic carboxylic acids is 1. The number of hydrogen-bond acceptors (Lipinski definition) is 3. The van der Waals surface area contributed by atoms with E-state index in [4.69, 9.17) is 10.8 Å². The number of amides is 1. The first-order valence-electron chi connectivity index (χ1n) is 6.43. The lowest BCUT2D eigenvalue weighted by Gasteiger charge is -2.21. The van der Waals surface area contributed by atoms with Crippen molar-refractivity contribution in [1.29, 1.82) is 0 Å². The first-order chi connectivity index (χ1) is 9.97. The average Bonchev–Trinajstić information content (AvgIpc) is 2.46. The quantitative estimate of drug-likeness (QED) is 0.844. The SMILES string of the molecule is Cc1ccc(N(CC(=O)O)C(=O)c2ccc(N)cc2)cc1. The molecule has 2 aromatic rings. The van der Waals surface area contributed by atoms with Crippen molar-refractivity contribution in [2.24, 2.45) is 0 Å². The maximum atomic E-state index is 12.5. The molecule has 0 aliphatic heterocycles. The molecular weight excluding hydrogens is 268 g/mol. The predicted octanol–water partition coefficient (Wildman–Crippen LogP) is 2.31. The van der Waals surface area contributed by atoms with Crippen molar-refractivity contribution in [2.45, 2.75) is 6.92 Å². The lowest BCUT2D eigenvalue weighted by molar-refractivity contribution is -0.135. The first-order valence-corrected chi connectivity index (χ1v) is 6.43. The van der Waals surface area contributed by atoms with Crippen LogP contribution in [-0.4, -0.2) is 23.5 Å². The second kappa shape index (κ2) is 6.09. The number of benzene rings is 2. The molecule has 0 atom stereocenters. The van der Waals surface area contributed by atoms with Crippen LogP contribution in [0.15, 0.2) is 48.5 Å². The molecule has 2 aromatic carbocycles. The zero-order valence-electron chi connectivity index (χ0n) is 11.6. The lowest BCUT2D eigenvalue weighted by atomic mass is 10.1. The fourth-order valence-corrected chi connectivity index (χ4v) is 1.92. The van der Waals surface area contributed by atoms with Gasteiger partial charge in [0.05, 0.1) is 0 Å². The van der Waals surface area contributed by atoms with Crippen LogP contribution in [0.3, 0.4) is 0 Å². The van der Waals surface area contributed by atoms with Gasteiger partial charge in [-0.3, -0.25) is 14.5 Å². The summed E-state index contributed by atoms with van der Waals surface area (Å²) in [7, 11) is 0. The minimum atomic E-state index is -1.07. The highest BCUT2D eigenvalue weighted by molar-refractivity contribution is 6.08. The minimum absolute atomic E-state index is 0.374. The number of carbonyl (C=O) groups is 2. The third-order valence-corrected chi connectivity index (χ3v) is 3.04. The number of hydrogen-bond donors (Lipinski definition) is 2. The third-order valence-electron chi connectivity index (χ3n) is 3.04. The Hall–Kier alpha value is -2.82. The molecule has 3 N–H and O–H groups in total. The Bertz CT molecular complexity index is 648. The summed E-state index contributed by atoms with van der Waals surface area (Å²) < 4.78 is 0. The van der Waals surface area contributed by atoms with Crippen molar-refractivity contribution in [3.05, 3.63) is 59.7 Å². The van der Waals surface area contributed by atoms with Gasteiger partial charge in [0.15, 0.2) is 0 Å². The van der Waals surface area contributed by atoms with Crippen LogP contribution in [0.1, 0.15) is 15.9 Å². The second-order valence-electron chi connectivity index (χ2n) is 4.74. The molecule has 1 amide bonds. The van der Waals surface area contributed by atoms with E-state index in [9.17, 15) is 9.59 Å². The summed E-state index contributed by atoms with van der Waals surface area (Å²) in [6, 6.07) is 13.5. The molecule has 0 aliphatic carbocycles. The van der Waals surface area contributed by atoms with Gasteiger partial charge in [0.25, 0.3) is 5.91 Å². The van der Waals surface area contributed by atoms with E-state index in [1.54, 1.807) is 36.4 Å². The maximum absolute atomic E-state index is 12.5. The molecule has 5 nitrogen and oxygen atoms in total. The summed E-state index contributed by atoms with van der Waals surface area (Å²) in [6.45, 7) is 1.53. The summed E-state index contributed by atoms with van der Waals surface area (Å²) in [5.41, 5.74) is 8.12. The monoisotopic (exact) mass is 284 g/mol. The molecule has 21 heavy (non-hydrogen) atoms. The summed E-state index contributed by atoms with van der Waals surface area (Å²) in [5, 5.41) is 9.03. The number of carboxylic acid groups (broad SMARTS) is 1. The maximum Gasteiger partial charge on any atom is 0.323 e. The number of carboxylic acids is 1. The topological polar surface area (TPSA) is 83.6 Å². The van der Waals surface area contributed by atoms with Crippen molar-refractivity contribution in [3.63, 3.8) is 0 Å². The van der Waals surface area contributed by atoms with Crippen LogP contribution in [0, 0.1) is 6.92 Å². The molecule has 0 bridgehead atoms. The van der Waals surface area contributed by atoms with Crippen LogP contribution in [0.5, 0.6) is 0 Å². The largest absolute Gasteiger partial charge is 0.480 e. The zero-order chi connectivity index (χ0) is 15.4. The van der Waals surface area contributed by atoms with Gasteiger partial charge in [-0.1, -0.05) is 17.7 Å². The highest BCUT2D eigenvalue weighted by atomic mass is 16.4. The van der Waals surface area contributed by atoms with Gasteiger partial charge in [0.1, 0.15) is 6.54 Å². The summed E-state index contributed by atoms with van der Waals surface area (Å²) >= 11 is 0. The molecule has 0 aliphatic rings. The fraction of sp³-hybridized carbons (Fsp3) is 0.125. The summed E-state index contributed by atoms with van der Waals surface area (Å²) in [4.78, 5) is 24.8. The van der Waals surface area contributed by atoms with Gasteiger partial charge >= 0.3 is 5.97 Å². The summed E-state index contributed by atoms with van der Waals surface area (Å²) in [6.07, 6.45) is 0. The Morgan fingerprint density at radius 2 is 1.62 bits per heavy atom. The summed E-state index contributed by atoms with van der Waals surface area (Å²) in [5.74, 6) is -1.44. The molecule has 0 radical (unpaired) electrons. The highest BCUT2D eigenvalue weighted by Crippen LogP contribution is 2.18. The molecule has 0 saturated heterocycles. The molecule has 108 valence electrons. The molecular formula is C16H16N2O3. The van der Waals surface area contributed by atoms with E-state index in [0.29, 0.717) is 16.9 Å².